The predicted octanol–water partition coefficient (Wildman–Crippen LogP) is 4.77. The molecule has 0 radical (unpaired) electrons. The highest BCUT2D eigenvalue weighted by Crippen LogP contribution is 2.39. The standard InChI is InChI=1S/C25H24F3N3O4/c1-3-35-23(33)21-16(2)31(20-7-4-6-19(14-20)25(26,27)28)24(34)30(12-5-13-32)22(21)18-10-8-17(15-29)9-11-18/h4,6-10,13-14,18,22H,3,5,11-12H2,1-2H3/t18?,22-/m1/s1. The highest BCUT2D eigenvalue weighted by Gasteiger charge is 2.45. The molecule has 0 aromatic heterocycles. The van der Waals surface area contributed by atoms with Gasteiger partial charge in [-0.05, 0) is 44.5 Å². The summed E-state index contributed by atoms with van der Waals surface area (Å²) in [5, 5.41) is 9.15. The number of nitrogens with zero attached hydrogens (tertiary/aromatic N) is 3. The lowest BCUT2D eigenvalue weighted by atomic mass is 9.83. The van der Waals surface area contributed by atoms with Crippen molar-refractivity contribution < 1.29 is 32.3 Å². The second-order valence-corrected chi connectivity index (χ2v) is 8.01. The number of alkyl halides is 3. The molecule has 1 aromatic rings. The number of anilines is 1. The number of carbonyl (C=O) groups excluding carboxylic acids is 3. The van der Waals surface area contributed by atoms with Crippen LogP contribution in [-0.4, -0.2) is 42.4 Å². The minimum Gasteiger partial charge on any atom is -0.463 e. The minimum absolute atomic E-state index is 0.0382. The molecule has 2 aliphatic rings. The first-order chi connectivity index (χ1) is 16.6. The Labute approximate surface area is 200 Å². The summed E-state index contributed by atoms with van der Waals surface area (Å²) in [6.07, 6.45) is 1.29. The number of esters is 1. The summed E-state index contributed by atoms with van der Waals surface area (Å²) >= 11 is 0. The number of carbonyl (C=O) groups is 3. The molecule has 1 heterocycles. The molecule has 0 spiro atoms. The fraction of sp³-hybridized carbons (Fsp3) is 0.360. The van der Waals surface area contributed by atoms with Crippen molar-refractivity contribution in [2.75, 3.05) is 18.1 Å². The van der Waals surface area contributed by atoms with Crippen LogP contribution in [0.25, 0.3) is 0 Å². The smallest absolute Gasteiger partial charge is 0.416 e. The second-order valence-electron chi connectivity index (χ2n) is 8.01. The zero-order valence-electron chi connectivity index (χ0n) is 19.2. The number of aldehydes is 1. The zero-order chi connectivity index (χ0) is 25.8. The highest BCUT2D eigenvalue weighted by molar-refractivity contribution is 6.03. The van der Waals surface area contributed by atoms with Gasteiger partial charge in [0.2, 0.25) is 0 Å². The van der Waals surface area contributed by atoms with E-state index in [1.165, 1.54) is 24.0 Å². The van der Waals surface area contributed by atoms with Crippen LogP contribution < -0.4 is 4.90 Å². The first-order valence-electron chi connectivity index (χ1n) is 11.0. The molecule has 184 valence electrons. The van der Waals surface area contributed by atoms with E-state index in [4.69, 9.17) is 10.00 Å². The average Bonchev–Trinajstić information content (AvgIpc) is 2.83. The molecule has 2 atom stereocenters. The van der Waals surface area contributed by atoms with E-state index in [-0.39, 0.29) is 36.5 Å². The van der Waals surface area contributed by atoms with Gasteiger partial charge < -0.3 is 14.4 Å². The predicted molar refractivity (Wildman–Crippen MR) is 121 cm³/mol. The van der Waals surface area contributed by atoms with Crippen molar-refractivity contribution in [2.45, 2.75) is 38.9 Å². The zero-order valence-corrected chi connectivity index (χ0v) is 19.2. The Kier molecular flexibility index (Phi) is 7.79. The van der Waals surface area contributed by atoms with Gasteiger partial charge in [-0.1, -0.05) is 18.2 Å². The summed E-state index contributed by atoms with van der Waals surface area (Å²) < 4.78 is 45.4. The number of nitriles is 1. The fourth-order valence-corrected chi connectivity index (χ4v) is 4.31. The molecule has 0 fully saturated rings. The Hall–Kier alpha value is -3.87. The maximum atomic E-state index is 13.7. The van der Waals surface area contributed by atoms with Gasteiger partial charge in [0, 0.05) is 30.2 Å². The van der Waals surface area contributed by atoms with Crippen molar-refractivity contribution in [1.29, 1.82) is 5.26 Å². The van der Waals surface area contributed by atoms with Crippen LogP contribution in [0.3, 0.4) is 0 Å². The lowest BCUT2D eigenvalue weighted by Crippen LogP contribution is -2.57. The van der Waals surface area contributed by atoms with E-state index in [1.54, 1.807) is 25.2 Å². The number of hydrogen-bond donors (Lipinski definition) is 0. The van der Waals surface area contributed by atoms with Gasteiger partial charge in [0.1, 0.15) is 6.29 Å². The summed E-state index contributed by atoms with van der Waals surface area (Å²) in [5.74, 6) is -1.13. The number of benzene rings is 1. The van der Waals surface area contributed by atoms with Crippen LogP contribution in [0.2, 0.25) is 0 Å². The van der Waals surface area contributed by atoms with Crippen molar-refractivity contribution in [2.24, 2.45) is 5.92 Å². The summed E-state index contributed by atoms with van der Waals surface area (Å²) in [4.78, 5) is 40.3. The molecule has 1 aromatic carbocycles. The lowest BCUT2D eigenvalue weighted by molar-refractivity contribution is -0.139. The molecular weight excluding hydrogens is 463 g/mol. The van der Waals surface area contributed by atoms with Gasteiger partial charge in [-0.3, -0.25) is 4.90 Å². The molecule has 1 aliphatic carbocycles. The van der Waals surface area contributed by atoms with Crippen LogP contribution in [0.1, 0.15) is 32.3 Å². The number of allylic oxidation sites excluding steroid dienone is 4. The van der Waals surface area contributed by atoms with Gasteiger partial charge in [-0.2, -0.15) is 18.4 Å². The maximum absolute atomic E-state index is 13.7. The monoisotopic (exact) mass is 487 g/mol. The Bertz CT molecular complexity index is 1150. The van der Waals surface area contributed by atoms with E-state index in [0.29, 0.717) is 18.3 Å². The van der Waals surface area contributed by atoms with Crippen molar-refractivity contribution in [3.05, 3.63) is 64.9 Å². The molecule has 0 saturated carbocycles. The molecule has 35 heavy (non-hydrogen) atoms. The van der Waals surface area contributed by atoms with Crippen molar-refractivity contribution >= 4 is 24.0 Å². The lowest BCUT2D eigenvalue weighted by Gasteiger charge is -2.45. The number of ether oxygens (including phenoxy) is 1. The molecule has 7 nitrogen and oxygen atoms in total. The topological polar surface area (TPSA) is 90.7 Å². The molecule has 3 rings (SSSR count). The molecular formula is C25H24F3N3O4. The molecule has 0 N–H and O–H groups in total. The Morgan fingerprint density at radius 2 is 2.09 bits per heavy atom. The summed E-state index contributed by atoms with van der Waals surface area (Å²) in [5.41, 5.74) is -0.322. The first kappa shape index (κ1) is 25.7. The number of hydrogen-bond acceptors (Lipinski definition) is 5. The number of amides is 2. The highest BCUT2D eigenvalue weighted by atomic mass is 19.4. The van der Waals surface area contributed by atoms with Crippen molar-refractivity contribution in [3.63, 3.8) is 0 Å². The van der Waals surface area contributed by atoms with E-state index in [1.807, 2.05) is 6.07 Å². The van der Waals surface area contributed by atoms with Crippen LogP contribution in [-0.2, 0) is 20.5 Å². The summed E-state index contributed by atoms with van der Waals surface area (Å²) in [7, 11) is 0. The third-order valence-corrected chi connectivity index (χ3v) is 5.88. The van der Waals surface area contributed by atoms with Gasteiger partial charge in [0.05, 0.1) is 35.5 Å². The summed E-state index contributed by atoms with van der Waals surface area (Å²) in [6.45, 7) is 3.09. The van der Waals surface area contributed by atoms with Crippen LogP contribution >= 0.6 is 0 Å². The van der Waals surface area contributed by atoms with Gasteiger partial charge >= 0.3 is 18.2 Å². The van der Waals surface area contributed by atoms with Gasteiger partial charge in [-0.15, -0.1) is 0 Å². The number of rotatable bonds is 7. The van der Waals surface area contributed by atoms with E-state index in [9.17, 15) is 27.6 Å². The summed E-state index contributed by atoms with van der Waals surface area (Å²) in [6, 6.07) is 4.80. The maximum Gasteiger partial charge on any atom is 0.416 e. The number of halogens is 3. The van der Waals surface area contributed by atoms with Gasteiger partial charge in [-0.25, -0.2) is 9.59 Å². The Morgan fingerprint density at radius 1 is 1.34 bits per heavy atom. The van der Waals surface area contributed by atoms with Gasteiger partial charge in [0.25, 0.3) is 0 Å². The van der Waals surface area contributed by atoms with Crippen LogP contribution in [0, 0.1) is 17.2 Å². The molecule has 2 amide bonds. The van der Waals surface area contributed by atoms with Crippen LogP contribution in [0.4, 0.5) is 23.7 Å². The van der Waals surface area contributed by atoms with E-state index >= 15 is 0 Å². The Morgan fingerprint density at radius 3 is 2.66 bits per heavy atom. The Balaban J connectivity index is 2.19. The molecule has 10 heteroatoms. The van der Waals surface area contributed by atoms with E-state index in [2.05, 4.69) is 0 Å². The largest absolute Gasteiger partial charge is 0.463 e. The van der Waals surface area contributed by atoms with Crippen LogP contribution in [0.15, 0.2) is 59.3 Å². The fourth-order valence-electron chi connectivity index (χ4n) is 4.31. The quantitative estimate of drug-likeness (QED) is 0.408. The normalized spacial score (nSPS) is 20.5. The van der Waals surface area contributed by atoms with Crippen molar-refractivity contribution in [3.8, 4) is 6.07 Å². The van der Waals surface area contributed by atoms with Gasteiger partial charge in [0.15, 0.2) is 0 Å². The third-order valence-electron chi connectivity index (χ3n) is 5.88. The third kappa shape index (κ3) is 5.29. The van der Waals surface area contributed by atoms with E-state index in [0.717, 1.165) is 17.0 Å². The second kappa shape index (κ2) is 10.6. The molecule has 1 unspecified atom stereocenters. The van der Waals surface area contributed by atoms with E-state index < -0.39 is 35.7 Å². The molecule has 0 saturated heterocycles. The molecule has 0 bridgehead atoms. The average molecular weight is 487 g/mol. The van der Waals surface area contributed by atoms with Crippen LogP contribution in [0.5, 0.6) is 0 Å². The SMILES string of the molecule is CCOC(=O)C1=C(C)N(c2cccc(C(F)(F)F)c2)C(=O)N(CCC=O)[C@@H]1C1C=CC(C#N)=CC1. The molecule has 1 aliphatic heterocycles. The minimum atomic E-state index is -4.63. The van der Waals surface area contributed by atoms with Crippen molar-refractivity contribution in [1.82, 2.24) is 4.90 Å². The number of urea groups is 1. The first-order valence-corrected chi connectivity index (χ1v) is 11.0.